The van der Waals surface area contributed by atoms with Crippen molar-refractivity contribution in [1.82, 2.24) is 4.98 Å². The van der Waals surface area contributed by atoms with Crippen LogP contribution in [-0.4, -0.2) is 17.6 Å². The Bertz CT molecular complexity index is 564. The molecule has 0 spiro atoms. The van der Waals surface area contributed by atoms with Gasteiger partial charge in [-0.25, -0.2) is 4.98 Å². The van der Waals surface area contributed by atoms with Crippen LogP contribution in [-0.2, 0) is 12.6 Å². The van der Waals surface area contributed by atoms with Gasteiger partial charge in [-0.2, -0.15) is 6.26 Å². The molecular weight excluding hydrogens is 372 g/mol. The van der Waals surface area contributed by atoms with Crippen LogP contribution in [0.1, 0.15) is 0 Å². The van der Waals surface area contributed by atoms with Crippen LogP contribution < -0.4 is 61.9 Å². The predicted molar refractivity (Wildman–Crippen MR) is 76.9 cm³/mol. The summed E-state index contributed by atoms with van der Waals surface area (Å²) in [5, 5.41) is 0.297. The van der Waals surface area contributed by atoms with Gasteiger partial charge in [0.1, 0.15) is 15.8 Å². The molecule has 0 fully saturated rings. The van der Waals surface area contributed by atoms with Crippen molar-refractivity contribution in [2.45, 2.75) is 6.36 Å². The Hall–Kier alpha value is 0.516. The summed E-state index contributed by atoms with van der Waals surface area (Å²) in [7, 11) is 0. The fourth-order valence-electron chi connectivity index (χ4n) is 1.31. The molecule has 2 N–H and O–H groups in total. The van der Waals surface area contributed by atoms with E-state index in [9.17, 15) is 13.2 Å². The van der Waals surface area contributed by atoms with Crippen LogP contribution >= 0.6 is 22.9 Å². The monoisotopic (exact) mass is 380 g/mol. The summed E-state index contributed by atoms with van der Waals surface area (Å²) >= 11 is 11.1. The SMILES string of the molecule is C[S-].Nc1nc(-c2ccc(OC(F)(F)F)cc2)c(Cl)s1.[K+]. The molecule has 1 heterocycles. The zero-order valence-electron chi connectivity index (χ0n) is 11.1. The van der Waals surface area contributed by atoms with Gasteiger partial charge in [0, 0.05) is 5.56 Å². The van der Waals surface area contributed by atoms with Gasteiger partial charge >= 0.3 is 57.7 Å². The van der Waals surface area contributed by atoms with Crippen molar-refractivity contribution in [1.29, 1.82) is 0 Å². The van der Waals surface area contributed by atoms with E-state index in [4.69, 9.17) is 17.3 Å². The number of rotatable bonds is 2. The molecule has 2 aromatic rings. The Labute approximate surface area is 176 Å². The maximum atomic E-state index is 12.0. The molecule has 1 aromatic heterocycles. The Morgan fingerprint density at radius 1 is 1.24 bits per heavy atom. The molecule has 2 rings (SSSR count). The molecule has 21 heavy (non-hydrogen) atoms. The average molecular weight is 381 g/mol. The maximum absolute atomic E-state index is 12.0. The quantitative estimate of drug-likeness (QED) is 0.626. The predicted octanol–water partition coefficient (Wildman–Crippen LogP) is 1.11. The van der Waals surface area contributed by atoms with Crippen molar-refractivity contribution < 1.29 is 69.3 Å². The van der Waals surface area contributed by atoms with Crippen LogP contribution in [0.15, 0.2) is 24.3 Å². The number of thiazole rings is 1. The van der Waals surface area contributed by atoms with Crippen molar-refractivity contribution in [3.8, 4) is 17.0 Å². The third kappa shape index (κ3) is 7.08. The average Bonchev–Trinajstić information content (AvgIpc) is 2.70. The summed E-state index contributed by atoms with van der Waals surface area (Å²) in [5.41, 5.74) is 6.49. The van der Waals surface area contributed by atoms with E-state index in [1.54, 1.807) is 6.26 Å². The van der Waals surface area contributed by atoms with Crippen LogP contribution in [0.2, 0.25) is 4.34 Å². The second-order valence-corrected chi connectivity index (χ2v) is 4.88. The second kappa shape index (κ2) is 9.61. The molecule has 0 radical (unpaired) electrons. The molecule has 0 bridgehead atoms. The number of aromatic nitrogens is 1. The van der Waals surface area contributed by atoms with E-state index in [1.165, 1.54) is 24.3 Å². The van der Waals surface area contributed by atoms with Crippen LogP contribution in [0, 0.1) is 0 Å². The maximum Gasteiger partial charge on any atom is 1.00 e. The fraction of sp³-hybridized carbons (Fsp3) is 0.182. The minimum atomic E-state index is -4.70. The first kappa shape index (κ1) is 21.5. The van der Waals surface area contributed by atoms with E-state index >= 15 is 0 Å². The van der Waals surface area contributed by atoms with Gasteiger partial charge in [-0.3, -0.25) is 0 Å². The Morgan fingerprint density at radius 2 is 1.76 bits per heavy atom. The molecule has 1 aromatic carbocycles. The number of ether oxygens (including phenoxy) is 1. The zero-order chi connectivity index (χ0) is 15.3. The van der Waals surface area contributed by atoms with Crippen LogP contribution in [0.3, 0.4) is 0 Å². The van der Waals surface area contributed by atoms with E-state index in [0.29, 0.717) is 20.7 Å². The smallest absolute Gasteiger partial charge is 0.796 e. The number of hydrogen-bond acceptors (Lipinski definition) is 5. The molecule has 3 nitrogen and oxygen atoms in total. The molecule has 0 atom stereocenters. The van der Waals surface area contributed by atoms with Gasteiger partial charge in [0.2, 0.25) is 0 Å². The summed E-state index contributed by atoms with van der Waals surface area (Å²) in [6, 6.07) is 5.24. The van der Waals surface area contributed by atoms with Gasteiger partial charge in [-0.05, 0) is 24.3 Å². The van der Waals surface area contributed by atoms with Gasteiger partial charge in [-0.1, -0.05) is 22.9 Å². The van der Waals surface area contributed by atoms with E-state index in [-0.39, 0.29) is 57.1 Å². The molecule has 0 aliphatic carbocycles. The van der Waals surface area contributed by atoms with Gasteiger partial charge in [0.25, 0.3) is 0 Å². The molecule has 10 heteroatoms. The molecule has 110 valence electrons. The van der Waals surface area contributed by atoms with Gasteiger partial charge in [0.15, 0.2) is 5.13 Å². The van der Waals surface area contributed by atoms with E-state index in [0.717, 1.165) is 11.3 Å². The zero-order valence-corrected chi connectivity index (χ0v) is 16.6. The third-order valence-corrected chi connectivity index (χ3v) is 3.05. The molecule has 0 unspecified atom stereocenters. The van der Waals surface area contributed by atoms with Crippen LogP contribution in [0.25, 0.3) is 11.3 Å². The number of nitrogen functional groups attached to an aromatic ring is 1. The molecule has 0 saturated heterocycles. The minimum absolute atomic E-state index is 0. The summed E-state index contributed by atoms with van der Waals surface area (Å²) < 4.78 is 40.0. The summed E-state index contributed by atoms with van der Waals surface area (Å²) in [4.78, 5) is 3.99. The first-order valence-corrected chi connectivity index (χ1v) is 7.05. The van der Waals surface area contributed by atoms with Crippen molar-refractivity contribution in [3.63, 3.8) is 0 Å². The molecular formula is C11H9ClF3KN2OS2. The largest absolute Gasteiger partial charge is 1.00 e. The van der Waals surface area contributed by atoms with Gasteiger partial charge in [0.05, 0.1) is 0 Å². The van der Waals surface area contributed by atoms with Crippen molar-refractivity contribution in [2.75, 3.05) is 12.0 Å². The minimum Gasteiger partial charge on any atom is -0.796 e. The standard InChI is InChI=1S/C10H6ClF3N2OS.CH4S.K/c11-8-7(16-9(15)18-8)5-1-3-6(4-2-5)17-10(12,13)14;1-2;/h1-4H,(H2,15,16);2H,1H3;/q;;+1/p-1. The van der Waals surface area contributed by atoms with Crippen molar-refractivity contribution in [3.05, 3.63) is 28.6 Å². The number of anilines is 1. The summed E-state index contributed by atoms with van der Waals surface area (Å²) in [6.45, 7) is 0. The summed E-state index contributed by atoms with van der Waals surface area (Å²) in [5.74, 6) is -0.300. The number of hydrogen-bond donors (Lipinski definition) is 1. The number of nitrogens with zero attached hydrogens (tertiary/aromatic N) is 1. The fourth-order valence-corrected chi connectivity index (χ4v) is 2.28. The molecule has 0 saturated carbocycles. The van der Waals surface area contributed by atoms with Crippen molar-refractivity contribution >= 4 is 40.7 Å². The Kier molecular flexibility index (Phi) is 9.85. The molecule has 0 amide bonds. The topological polar surface area (TPSA) is 48.1 Å². The number of benzene rings is 1. The third-order valence-electron chi connectivity index (χ3n) is 1.96. The Morgan fingerprint density at radius 3 is 2.14 bits per heavy atom. The number of alkyl halides is 3. The van der Waals surface area contributed by atoms with Crippen LogP contribution in [0.4, 0.5) is 18.3 Å². The second-order valence-electron chi connectivity index (χ2n) is 3.25. The summed E-state index contributed by atoms with van der Waals surface area (Å²) in [6.07, 6.45) is -3.12. The first-order valence-electron chi connectivity index (χ1n) is 5.04. The Balaban J connectivity index is 0.00000128. The van der Waals surface area contributed by atoms with Crippen molar-refractivity contribution in [2.24, 2.45) is 0 Å². The first-order chi connectivity index (χ1) is 9.35. The molecule has 0 aliphatic rings. The normalized spacial score (nSPS) is 10.2. The van der Waals surface area contributed by atoms with E-state index in [2.05, 4.69) is 22.3 Å². The number of halogens is 4. The van der Waals surface area contributed by atoms with E-state index < -0.39 is 6.36 Å². The van der Waals surface area contributed by atoms with Crippen LogP contribution in [0.5, 0.6) is 5.75 Å². The molecule has 0 aliphatic heterocycles. The van der Waals surface area contributed by atoms with Gasteiger partial charge < -0.3 is 23.1 Å². The van der Waals surface area contributed by atoms with E-state index in [1.807, 2.05) is 0 Å². The number of nitrogens with two attached hydrogens (primary N) is 1. The van der Waals surface area contributed by atoms with Gasteiger partial charge in [-0.15, -0.1) is 13.2 Å².